The SMILES string of the molecule is CCCN(CCO)c1cccc(C(N)=S)n1. The molecule has 1 aromatic rings. The van der Waals surface area contributed by atoms with Crippen molar-refractivity contribution in [3.63, 3.8) is 0 Å². The lowest BCUT2D eigenvalue weighted by molar-refractivity contribution is 0.301. The van der Waals surface area contributed by atoms with Gasteiger partial charge in [0.2, 0.25) is 0 Å². The number of thiocarbonyl (C=S) groups is 1. The zero-order valence-electron chi connectivity index (χ0n) is 9.39. The Balaban J connectivity index is 2.90. The van der Waals surface area contributed by atoms with Crippen LogP contribution in [-0.4, -0.2) is 34.8 Å². The molecule has 16 heavy (non-hydrogen) atoms. The summed E-state index contributed by atoms with van der Waals surface area (Å²) in [6.45, 7) is 3.62. The fourth-order valence-corrected chi connectivity index (χ4v) is 1.58. The van der Waals surface area contributed by atoms with Gasteiger partial charge in [0.15, 0.2) is 0 Å². The molecule has 0 aliphatic carbocycles. The predicted octanol–water partition coefficient (Wildman–Crippen LogP) is 0.925. The van der Waals surface area contributed by atoms with E-state index in [0.717, 1.165) is 18.8 Å². The molecule has 0 unspecified atom stereocenters. The number of nitrogens with zero attached hydrogens (tertiary/aromatic N) is 2. The van der Waals surface area contributed by atoms with Crippen molar-refractivity contribution in [2.75, 3.05) is 24.6 Å². The first-order chi connectivity index (χ1) is 7.69. The van der Waals surface area contributed by atoms with Crippen LogP contribution in [0.4, 0.5) is 5.82 Å². The van der Waals surface area contributed by atoms with E-state index in [1.54, 1.807) is 6.07 Å². The molecule has 4 nitrogen and oxygen atoms in total. The monoisotopic (exact) mass is 239 g/mol. The second-order valence-corrected chi connectivity index (χ2v) is 3.90. The topological polar surface area (TPSA) is 62.4 Å². The van der Waals surface area contributed by atoms with Gasteiger partial charge in [0, 0.05) is 13.1 Å². The molecule has 0 aromatic carbocycles. The number of rotatable bonds is 6. The Morgan fingerprint density at radius 1 is 1.50 bits per heavy atom. The Hall–Kier alpha value is -1.20. The number of hydrogen-bond donors (Lipinski definition) is 2. The van der Waals surface area contributed by atoms with Crippen LogP contribution in [0.2, 0.25) is 0 Å². The zero-order valence-corrected chi connectivity index (χ0v) is 10.2. The van der Waals surface area contributed by atoms with Crippen LogP contribution in [0.3, 0.4) is 0 Å². The summed E-state index contributed by atoms with van der Waals surface area (Å²) >= 11 is 4.88. The van der Waals surface area contributed by atoms with Gasteiger partial charge < -0.3 is 15.7 Å². The second kappa shape index (κ2) is 6.40. The van der Waals surface area contributed by atoms with Crippen molar-refractivity contribution in [2.24, 2.45) is 5.73 Å². The Morgan fingerprint density at radius 3 is 2.81 bits per heavy atom. The summed E-state index contributed by atoms with van der Waals surface area (Å²) in [4.78, 5) is 6.67. The fourth-order valence-electron chi connectivity index (χ4n) is 1.47. The molecular weight excluding hydrogens is 222 g/mol. The molecule has 0 aliphatic rings. The molecule has 0 saturated heterocycles. The van der Waals surface area contributed by atoms with Crippen molar-refractivity contribution in [1.82, 2.24) is 4.98 Å². The van der Waals surface area contributed by atoms with Gasteiger partial charge >= 0.3 is 0 Å². The van der Waals surface area contributed by atoms with E-state index in [2.05, 4.69) is 11.9 Å². The van der Waals surface area contributed by atoms with Gasteiger partial charge in [-0.1, -0.05) is 25.2 Å². The van der Waals surface area contributed by atoms with Gasteiger partial charge in [0.1, 0.15) is 10.8 Å². The molecule has 3 N–H and O–H groups in total. The number of aromatic nitrogens is 1. The van der Waals surface area contributed by atoms with Crippen molar-refractivity contribution in [1.29, 1.82) is 0 Å². The third-order valence-electron chi connectivity index (χ3n) is 2.17. The predicted molar refractivity (Wildman–Crippen MR) is 69.7 cm³/mol. The molecule has 0 fully saturated rings. The molecule has 0 atom stereocenters. The molecule has 0 bridgehead atoms. The van der Waals surface area contributed by atoms with Gasteiger partial charge in [0.25, 0.3) is 0 Å². The summed E-state index contributed by atoms with van der Waals surface area (Å²) < 4.78 is 0. The molecule has 1 heterocycles. The van der Waals surface area contributed by atoms with Crippen LogP contribution in [0.5, 0.6) is 0 Å². The molecule has 0 saturated carbocycles. The van der Waals surface area contributed by atoms with Gasteiger partial charge in [-0.05, 0) is 18.6 Å². The van der Waals surface area contributed by atoms with E-state index in [0.29, 0.717) is 17.2 Å². The van der Waals surface area contributed by atoms with Gasteiger partial charge in [-0.25, -0.2) is 4.98 Å². The molecule has 0 radical (unpaired) electrons. The summed E-state index contributed by atoms with van der Waals surface area (Å²) in [7, 11) is 0. The molecule has 0 amide bonds. The molecule has 5 heteroatoms. The van der Waals surface area contributed by atoms with Gasteiger partial charge in [-0.15, -0.1) is 0 Å². The van der Waals surface area contributed by atoms with Crippen LogP contribution in [-0.2, 0) is 0 Å². The maximum absolute atomic E-state index is 8.98. The van der Waals surface area contributed by atoms with Crippen LogP contribution < -0.4 is 10.6 Å². The first-order valence-corrected chi connectivity index (χ1v) is 5.72. The number of aliphatic hydroxyl groups is 1. The molecule has 0 aliphatic heterocycles. The Morgan fingerprint density at radius 2 is 2.25 bits per heavy atom. The molecular formula is C11H17N3OS. The standard InChI is InChI=1S/C11H17N3OS/c1-2-6-14(7-8-15)10-5-3-4-9(13-10)11(12)16/h3-5,15H,2,6-8H2,1H3,(H2,12,16). The van der Waals surface area contributed by atoms with Crippen LogP contribution >= 0.6 is 12.2 Å². The first kappa shape index (κ1) is 12.9. The highest BCUT2D eigenvalue weighted by atomic mass is 32.1. The van der Waals surface area contributed by atoms with E-state index in [4.69, 9.17) is 23.1 Å². The first-order valence-electron chi connectivity index (χ1n) is 5.31. The van der Waals surface area contributed by atoms with E-state index in [1.165, 1.54) is 0 Å². The van der Waals surface area contributed by atoms with Crippen LogP contribution in [0.15, 0.2) is 18.2 Å². The maximum Gasteiger partial charge on any atom is 0.129 e. The summed E-state index contributed by atoms with van der Waals surface area (Å²) in [5.74, 6) is 0.807. The van der Waals surface area contributed by atoms with Gasteiger partial charge in [0.05, 0.1) is 12.3 Å². The van der Waals surface area contributed by atoms with Crippen molar-refractivity contribution in [2.45, 2.75) is 13.3 Å². The van der Waals surface area contributed by atoms with E-state index in [1.807, 2.05) is 17.0 Å². The summed E-state index contributed by atoms with van der Waals surface area (Å²) in [5, 5.41) is 8.98. The number of pyridine rings is 1. The number of hydrogen-bond acceptors (Lipinski definition) is 4. The third kappa shape index (κ3) is 3.43. The van der Waals surface area contributed by atoms with E-state index in [9.17, 15) is 0 Å². The van der Waals surface area contributed by atoms with Crippen molar-refractivity contribution in [3.8, 4) is 0 Å². The van der Waals surface area contributed by atoms with Crippen LogP contribution in [0.25, 0.3) is 0 Å². The van der Waals surface area contributed by atoms with Crippen LogP contribution in [0, 0.1) is 0 Å². The Labute approximate surface area is 101 Å². The molecule has 88 valence electrons. The number of anilines is 1. The third-order valence-corrected chi connectivity index (χ3v) is 2.38. The lowest BCUT2D eigenvalue weighted by Gasteiger charge is -2.22. The van der Waals surface area contributed by atoms with Crippen molar-refractivity contribution in [3.05, 3.63) is 23.9 Å². The van der Waals surface area contributed by atoms with Crippen molar-refractivity contribution >= 4 is 23.0 Å². The molecule has 0 spiro atoms. The normalized spacial score (nSPS) is 10.1. The van der Waals surface area contributed by atoms with E-state index in [-0.39, 0.29) is 6.61 Å². The highest BCUT2D eigenvalue weighted by Crippen LogP contribution is 2.11. The van der Waals surface area contributed by atoms with Crippen molar-refractivity contribution < 1.29 is 5.11 Å². The van der Waals surface area contributed by atoms with E-state index >= 15 is 0 Å². The average molecular weight is 239 g/mol. The fraction of sp³-hybridized carbons (Fsp3) is 0.455. The maximum atomic E-state index is 8.98. The van der Waals surface area contributed by atoms with Gasteiger partial charge in [-0.2, -0.15) is 0 Å². The second-order valence-electron chi connectivity index (χ2n) is 3.46. The molecule has 1 aromatic heterocycles. The minimum absolute atomic E-state index is 0.110. The smallest absolute Gasteiger partial charge is 0.129 e. The largest absolute Gasteiger partial charge is 0.395 e. The highest BCUT2D eigenvalue weighted by molar-refractivity contribution is 7.80. The minimum atomic E-state index is 0.110. The molecule has 1 rings (SSSR count). The highest BCUT2D eigenvalue weighted by Gasteiger charge is 2.07. The lowest BCUT2D eigenvalue weighted by atomic mass is 10.3. The van der Waals surface area contributed by atoms with Gasteiger partial charge in [-0.3, -0.25) is 0 Å². The summed E-state index contributed by atoms with van der Waals surface area (Å²) in [6.07, 6.45) is 0.999. The average Bonchev–Trinajstić information content (AvgIpc) is 2.29. The lowest BCUT2D eigenvalue weighted by Crippen LogP contribution is -2.28. The Bertz CT molecular complexity index is 351. The van der Waals surface area contributed by atoms with Crippen LogP contribution in [0.1, 0.15) is 19.0 Å². The summed E-state index contributed by atoms with van der Waals surface area (Å²) in [5.41, 5.74) is 6.15. The zero-order chi connectivity index (χ0) is 12.0. The minimum Gasteiger partial charge on any atom is -0.395 e. The number of aliphatic hydroxyl groups excluding tert-OH is 1. The van der Waals surface area contributed by atoms with E-state index < -0.39 is 0 Å². The Kier molecular flexibility index (Phi) is 5.14. The quantitative estimate of drug-likeness (QED) is 0.723. The summed E-state index contributed by atoms with van der Waals surface area (Å²) in [6, 6.07) is 5.55. The number of nitrogens with two attached hydrogens (primary N) is 1.